The van der Waals surface area contributed by atoms with Crippen molar-refractivity contribution in [2.24, 2.45) is 11.7 Å². The van der Waals surface area contributed by atoms with Gasteiger partial charge in [-0.05, 0) is 73.2 Å². The van der Waals surface area contributed by atoms with E-state index in [1.54, 1.807) is 13.2 Å². The van der Waals surface area contributed by atoms with Crippen LogP contribution in [0.25, 0.3) is 10.9 Å². The summed E-state index contributed by atoms with van der Waals surface area (Å²) >= 11 is 0. The lowest BCUT2D eigenvalue weighted by atomic mass is 9.74. The molecule has 1 atom stereocenters. The summed E-state index contributed by atoms with van der Waals surface area (Å²) in [5.41, 5.74) is 10.6. The van der Waals surface area contributed by atoms with Gasteiger partial charge in [0.15, 0.2) is 0 Å². The summed E-state index contributed by atoms with van der Waals surface area (Å²) in [4.78, 5) is 3.65. The predicted octanol–water partition coefficient (Wildman–Crippen LogP) is 5.53. The molecular formula is C24H29FN2O. The third-order valence-electron chi connectivity index (χ3n) is 6.20. The number of nitrogens with two attached hydrogens (primary N) is 1. The van der Waals surface area contributed by atoms with E-state index in [0.717, 1.165) is 23.1 Å². The van der Waals surface area contributed by atoms with Crippen LogP contribution in [0.2, 0.25) is 0 Å². The minimum Gasteiger partial charge on any atom is -0.497 e. The number of hydrogen-bond donors (Lipinski definition) is 2. The predicted molar refractivity (Wildman–Crippen MR) is 112 cm³/mol. The van der Waals surface area contributed by atoms with Crippen molar-refractivity contribution in [1.82, 2.24) is 4.98 Å². The lowest BCUT2D eigenvalue weighted by molar-refractivity contribution is 0.324. The number of halogens is 1. The summed E-state index contributed by atoms with van der Waals surface area (Å²) in [5, 5.41) is 0.967. The van der Waals surface area contributed by atoms with Crippen LogP contribution < -0.4 is 10.5 Å². The van der Waals surface area contributed by atoms with Crippen molar-refractivity contribution < 1.29 is 9.13 Å². The van der Waals surface area contributed by atoms with Gasteiger partial charge in [0.1, 0.15) is 11.6 Å². The van der Waals surface area contributed by atoms with Crippen LogP contribution in [0, 0.1) is 11.7 Å². The van der Waals surface area contributed by atoms with Crippen LogP contribution in [-0.2, 0) is 6.42 Å². The molecule has 0 radical (unpaired) electrons. The maximum absolute atomic E-state index is 14.0. The third kappa shape index (κ3) is 3.66. The molecule has 3 aromatic rings. The summed E-state index contributed by atoms with van der Waals surface area (Å²) < 4.78 is 19.3. The zero-order valence-electron chi connectivity index (χ0n) is 16.5. The highest BCUT2D eigenvalue weighted by Gasteiger charge is 2.30. The second-order valence-corrected chi connectivity index (χ2v) is 7.89. The number of methoxy groups -OCH3 is 1. The number of fused-ring (bicyclic) bond motifs is 1. The van der Waals surface area contributed by atoms with Gasteiger partial charge < -0.3 is 15.5 Å². The van der Waals surface area contributed by atoms with Gasteiger partial charge in [0.05, 0.1) is 7.11 Å². The molecule has 1 aromatic heterocycles. The van der Waals surface area contributed by atoms with E-state index in [-0.39, 0.29) is 11.7 Å². The van der Waals surface area contributed by atoms with Gasteiger partial charge >= 0.3 is 0 Å². The van der Waals surface area contributed by atoms with Crippen molar-refractivity contribution >= 4 is 10.9 Å². The van der Waals surface area contributed by atoms with Crippen LogP contribution in [0.5, 0.6) is 5.75 Å². The minimum atomic E-state index is -0.199. The van der Waals surface area contributed by atoms with E-state index in [4.69, 9.17) is 10.5 Å². The van der Waals surface area contributed by atoms with E-state index in [1.165, 1.54) is 55.0 Å². The first kappa shape index (κ1) is 19.0. The van der Waals surface area contributed by atoms with Crippen LogP contribution >= 0.6 is 0 Å². The smallest absolute Gasteiger partial charge is 0.123 e. The average Bonchev–Trinajstić information content (AvgIpc) is 3.07. The number of aromatic amines is 1. The second kappa shape index (κ2) is 8.36. The Bertz CT molecular complexity index is 926. The van der Waals surface area contributed by atoms with E-state index in [0.29, 0.717) is 12.5 Å². The molecule has 1 aliphatic rings. The molecule has 28 heavy (non-hydrogen) atoms. The monoisotopic (exact) mass is 380 g/mol. The first-order valence-corrected chi connectivity index (χ1v) is 10.3. The molecule has 4 rings (SSSR count). The molecule has 0 amide bonds. The molecule has 1 heterocycles. The Morgan fingerprint density at radius 1 is 1.11 bits per heavy atom. The molecule has 3 nitrogen and oxygen atoms in total. The summed E-state index contributed by atoms with van der Waals surface area (Å²) in [6, 6.07) is 13.4. The highest BCUT2D eigenvalue weighted by molar-refractivity contribution is 5.85. The Labute approximate surface area is 166 Å². The number of aromatic nitrogens is 1. The van der Waals surface area contributed by atoms with Crippen molar-refractivity contribution in [3.8, 4) is 5.75 Å². The van der Waals surface area contributed by atoms with Gasteiger partial charge in [-0.3, -0.25) is 0 Å². The molecule has 3 N–H and O–H groups in total. The average molecular weight is 381 g/mol. The molecular weight excluding hydrogens is 351 g/mol. The van der Waals surface area contributed by atoms with Gasteiger partial charge in [-0.2, -0.15) is 0 Å². The zero-order chi connectivity index (χ0) is 19.5. The number of nitrogens with one attached hydrogen (secondary N) is 1. The highest BCUT2D eigenvalue weighted by atomic mass is 19.1. The lowest BCUT2D eigenvalue weighted by Crippen LogP contribution is -2.19. The third-order valence-corrected chi connectivity index (χ3v) is 6.20. The molecule has 0 saturated heterocycles. The van der Waals surface area contributed by atoms with E-state index in [9.17, 15) is 4.39 Å². The normalized spacial score (nSPS) is 16.4. The van der Waals surface area contributed by atoms with Gasteiger partial charge in [-0.25, -0.2) is 4.39 Å². The van der Waals surface area contributed by atoms with E-state index >= 15 is 0 Å². The Balaban J connectivity index is 1.86. The lowest BCUT2D eigenvalue weighted by Gasteiger charge is -2.31. The van der Waals surface area contributed by atoms with Gasteiger partial charge in [0.2, 0.25) is 0 Å². The summed E-state index contributed by atoms with van der Waals surface area (Å²) in [6.45, 7) is 0.552. The number of ether oxygens (including phenoxy) is 1. The fourth-order valence-corrected chi connectivity index (χ4v) is 4.87. The van der Waals surface area contributed by atoms with Gasteiger partial charge in [0, 0.05) is 22.5 Å². The number of benzene rings is 2. The van der Waals surface area contributed by atoms with Crippen molar-refractivity contribution in [3.05, 3.63) is 65.1 Å². The van der Waals surface area contributed by atoms with Crippen molar-refractivity contribution in [1.29, 1.82) is 0 Å². The van der Waals surface area contributed by atoms with Crippen molar-refractivity contribution in [2.75, 3.05) is 13.7 Å². The molecule has 2 aromatic carbocycles. The zero-order valence-corrected chi connectivity index (χ0v) is 16.5. The van der Waals surface area contributed by atoms with Crippen LogP contribution in [-0.4, -0.2) is 18.6 Å². The number of hydrogen-bond acceptors (Lipinski definition) is 2. The Kier molecular flexibility index (Phi) is 5.67. The molecule has 0 aliphatic heterocycles. The molecule has 148 valence electrons. The Morgan fingerprint density at radius 2 is 1.86 bits per heavy atom. The van der Waals surface area contributed by atoms with E-state index in [1.807, 2.05) is 18.2 Å². The molecule has 1 aliphatic carbocycles. The van der Waals surface area contributed by atoms with E-state index in [2.05, 4.69) is 17.1 Å². The Morgan fingerprint density at radius 3 is 2.54 bits per heavy atom. The fourth-order valence-electron chi connectivity index (χ4n) is 4.87. The quantitative estimate of drug-likeness (QED) is 0.591. The number of H-pyrrole nitrogens is 1. The van der Waals surface area contributed by atoms with Gasteiger partial charge in [-0.1, -0.05) is 31.4 Å². The number of rotatable bonds is 6. The van der Waals surface area contributed by atoms with Crippen LogP contribution in [0.4, 0.5) is 4.39 Å². The second-order valence-electron chi connectivity index (χ2n) is 7.89. The topological polar surface area (TPSA) is 51.0 Å². The van der Waals surface area contributed by atoms with Crippen LogP contribution in [0.1, 0.15) is 54.8 Å². The summed E-state index contributed by atoms with van der Waals surface area (Å²) in [6.07, 6.45) is 7.07. The van der Waals surface area contributed by atoms with Crippen molar-refractivity contribution in [2.45, 2.75) is 44.4 Å². The standard InChI is InChI=1S/C24H29FN2O/c1-28-19-10-7-17(8-11-19)23(16-5-3-2-4-6-16)24-20(13-14-26)21-15-18(25)9-12-22(21)27-24/h7-12,15-16,23,27H,2-6,13-14,26H2,1H3. The largest absolute Gasteiger partial charge is 0.497 e. The highest BCUT2D eigenvalue weighted by Crippen LogP contribution is 2.43. The maximum Gasteiger partial charge on any atom is 0.123 e. The molecule has 1 fully saturated rings. The maximum atomic E-state index is 14.0. The van der Waals surface area contributed by atoms with E-state index < -0.39 is 0 Å². The Hall–Kier alpha value is -2.33. The molecule has 1 unspecified atom stereocenters. The summed E-state index contributed by atoms with van der Waals surface area (Å²) in [7, 11) is 1.69. The van der Waals surface area contributed by atoms with Gasteiger partial charge in [0.25, 0.3) is 0 Å². The molecule has 0 spiro atoms. The molecule has 1 saturated carbocycles. The van der Waals surface area contributed by atoms with Crippen LogP contribution in [0.15, 0.2) is 42.5 Å². The SMILES string of the molecule is COc1ccc(C(c2[nH]c3ccc(F)cc3c2CCN)C2CCCCC2)cc1. The fraction of sp³-hybridized carbons (Fsp3) is 0.417. The summed E-state index contributed by atoms with van der Waals surface area (Å²) in [5.74, 6) is 1.52. The molecule has 4 heteroatoms. The van der Waals surface area contributed by atoms with Gasteiger partial charge in [-0.15, -0.1) is 0 Å². The van der Waals surface area contributed by atoms with Crippen molar-refractivity contribution in [3.63, 3.8) is 0 Å². The minimum absolute atomic E-state index is 0.199. The van der Waals surface area contributed by atoms with Crippen LogP contribution in [0.3, 0.4) is 0 Å². The molecule has 0 bridgehead atoms. The first-order valence-electron chi connectivity index (χ1n) is 10.3. The first-order chi connectivity index (χ1) is 13.7.